The molecule has 2 aromatic heterocycles. The molecule has 0 aliphatic rings. The van der Waals surface area contributed by atoms with Gasteiger partial charge in [0.1, 0.15) is 0 Å². The molecule has 2 N–H and O–H groups in total. The summed E-state index contributed by atoms with van der Waals surface area (Å²) in [5.74, 6) is 0. The second-order valence-corrected chi connectivity index (χ2v) is 4.48. The Labute approximate surface area is 83.3 Å². The van der Waals surface area contributed by atoms with Gasteiger partial charge in [-0.05, 0) is 17.8 Å². The van der Waals surface area contributed by atoms with Crippen LogP contribution >= 0.6 is 23.1 Å². The van der Waals surface area contributed by atoms with Crippen LogP contribution < -0.4 is 5.73 Å². The van der Waals surface area contributed by atoms with Gasteiger partial charge in [-0.3, -0.25) is 0 Å². The molecule has 0 aromatic carbocycles. The van der Waals surface area contributed by atoms with Gasteiger partial charge in [0, 0.05) is 12.4 Å². The average molecular weight is 210 g/mol. The predicted octanol–water partition coefficient (Wildman–Crippen LogP) is 1.67. The van der Waals surface area contributed by atoms with Gasteiger partial charge in [-0.25, -0.2) is 15.0 Å². The van der Waals surface area contributed by atoms with E-state index in [-0.39, 0.29) is 0 Å². The smallest absolute Gasteiger partial charge is 0.193 e. The zero-order valence-corrected chi connectivity index (χ0v) is 8.18. The first-order valence-corrected chi connectivity index (χ1v) is 5.14. The van der Waals surface area contributed by atoms with Gasteiger partial charge in [-0.15, -0.1) is 0 Å². The molecule has 2 heterocycles. The lowest BCUT2D eigenvalue weighted by Gasteiger charge is -1.92. The van der Waals surface area contributed by atoms with Crippen molar-refractivity contribution in [2.75, 3.05) is 5.73 Å². The maximum atomic E-state index is 5.49. The summed E-state index contributed by atoms with van der Waals surface area (Å²) >= 11 is 2.89. The molecule has 0 fully saturated rings. The number of hydrogen-bond donors (Lipinski definition) is 1. The second-order valence-electron chi connectivity index (χ2n) is 2.15. The van der Waals surface area contributed by atoms with Crippen molar-refractivity contribution in [3.8, 4) is 0 Å². The second kappa shape index (κ2) is 3.71. The standard InChI is InChI=1S/C7H6N4S2/c8-6-11-4-5(12-6)13-7-9-2-1-3-10-7/h1-4H,(H2,8,11). The highest BCUT2D eigenvalue weighted by Crippen LogP contribution is 2.30. The van der Waals surface area contributed by atoms with Crippen LogP contribution in [0.15, 0.2) is 34.0 Å². The largest absolute Gasteiger partial charge is 0.375 e. The Balaban J connectivity index is 2.15. The van der Waals surface area contributed by atoms with Crippen molar-refractivity contribution in [3.63, 3.8) is 0 Å². The van der Waals surface area contributed by atoms with Crippen molar-refractivity contribution in [1.82, 2.24) is 15.0 Å². The SMILES string of the molecule is Nc1ncc(Sc2ncccn2)s1. The quantitative estimate of drug-likeness (QED) is 0.764. The first-order chi connectivity index (χ1) is 6.34. The van der Waals surface area contributed by atoms with Crippen molar-refractivity contribution in [3.05, 3.63) is 24.7 Å². The molecular weight excluding hydrogens is 204 g/mol. The van der Waals surface area contributed by atoms with Crippen LogP contribution in [-0.2, 0) is 0 Å². The van der Waals surface area contributed by atoms with Crippen molar-refractivity contribution in [2.45, 2.75) is 9.37 Å². The van der Waals surface area contributed by atoms with Crippen LogP contribution in [0, 0.1) is 0 Å². The van der Waals surface area contributed by atoms with Crippen LogP contribution in [0.5, 0.6) is 0 Å². The summed E-state index contributed by atoms with van der Waals surface area (Å²) in [6.07, 6.45) is 5.14. The molecule has 0 unspecified atom stereocenters. The van der Waals surface area contributed by atoms with E-state index in [2.05, 4.69) is 15.0 Å². The van der Waals surface area contributed by atoms with E-state index < -0.39 is 0 Å². The Kier molecular flexibility index (Phi) is 2.42. The summed E-state index contributed by atoms with van der Waals surface area (Å²) in [4.78, 5) is 12.1. The molecule has 4 nitrogen and oxygen atoms in total. The van der Waals surface area contributed by atoms with Gasteiger partial charge in [0.15, 0.2) is 10.3 Å². The van der Waals surface area contributed by atoms with E-state index in [1.165, 1.54) is 23.1 Å². The number of thiazole rings is 1. The fourth-order valence-electron chi connectivity index (χ4n) is 0.747. The third-order valence-corrected chi connectivity index (χ3v) is 3.06. The number of rotatable bonds is 2. The molecule has 13 heavy (non-hydrogen) atoms. The van der Waals surface area contributed by atoms with E-state index >= 15 is 0 Å². The van der Waals surface area contributed by atoms with E-state index in [0.29, 0.717) is 10.3 Å². The Morgan fingerprint density at radius 3 is 2.62 bits per heavy atom. The average Bonchev–Trinajstić information content (AvgIpc) is 2.53. The number of hydrogen-bond acceptors (Lipinski definition) is 6. The van der Waals surface area contributed by atoms with Crippen LogP contribution in [-0.4, -0.2) is 15.0 Å². The van der Waals surface area contributed by atoms with Gasteiger partial charge < -0.3 is 5.73 Å². The maximum absolute atomic E-state index is 5.49. The van der Waals surface area contributed by atoms with Gasteiger partial charge in [0.25, 0.3) is 0 Å². The molecule has 0 atom stereocenters. The normalized spacial score (nSPS) is 10.2. The lowest BCUT2D eigenvalue weighted by molar-refractivity contribution is 0.968. The van der Waals surface area contributed by atoms with Crippen LogP contribution in [0.25, 0.3) is 0 Å². The zero-order valence-electron chi connectivity index (χ0n) is 6.54. The lowest BCUT2D eigenvalue weighted by Crippen LogP contribution is -1.80. The molecule has 0 aliphatic heterocycles. The van der Waals surface area contributed by atoms with Crippen LogP contribution in [0.2, 0.25) is 0 Å². The summed E-state index contributed by atoms with van der Waals surface area (Å²) in [6, 6.07) is 1.78. The molecule has 2 rings (SSSR count). The van der Waals surface area contributed by atoms with Crippen molar-refractivity contribution in [1.29, 1.82) is 0 Å². The van der Waals surface area contributed by atoms with Gasteiger partial charge >= 0.3 is 0 Å². The summed E-state index contributed by atoms with van der Waals surface area (Å²) in [6.45, 7) is 0. The molecule has 0 saturated heterocycles. The molecular formula is C7H6N4S2. The Morgan fingerprint density at radius 1 is 1.23 bits per heavy atom. The van der Waals surface area contributed by atoms with Crippen molar-refractivity contribution >= 4 is 28.2 Å². The Hall–Kier alpha value is -1.14. The summed E-state index contributed by atoms with van der Waals surface area (Å²) < 4.78 is 1.00. The highest BCUT2D eigenvalue weighted by molar-refractivity contribution is 8.01. The molecule has 6 heteroatoms. The highest BCUT2D eigenvalue weighted by atomic mass is 32.2. The third-order valence-electron chi connectivity index (χ3n) is 1.24. The van der Waals surface area contributed by atoms with Gasteiger partial charge in [-0.1, -0.05) is 11.3 Å². The molecule has 0 spiro atoms. The molecule has 0 saturated carbocycles. The van der Waals surface area contributed by atoms with E-state index in [4.69, 9.17) is 5.73 Å². The summed E-state index contributed by atoms with van der Waals surface area (Å²) in [7, 11) is 0. The Morgan fingerprint density at radius 2 is 2.00 bits per heavy atom. The summed E-state index contributed by atoms with van der Waals surface area (Å²) in [5, 5.41) is 1.28. The number of nitrogens with zero attached hydrogens (tertiary/aromatic N) is 3. The fraction of sp³-hybridized carbons (Fsp3) is 0. The third kappa shape index (κ3) is 2.16. The number of aromatic nitrogens is 3. The number of anilines is 1. The topological polar surface area (TPSA) is 64.7 Å². The zero-order chi connectivity index (χ0) is 9.10. The fourth-order valence-corrected chi connectivity index (χ4v) is 2.32. The van der Waals surface area contributed by atoms with Gasteiger partial charge in [0.05, 0.1) is 10.4 Å². The van der Waals surface area contributed by atoms with Gasteiger partial charge in [0.2, 0.25) is 0 Å². The molecule has 2 aromatic rings. The minimum atomic E-state index is 0.568. The predicted molar refractivity (Wildman–Crippen MR) is 52.7 cm³/mol. The maximum Gasteiger partial charge on any atom is 0.193 e. The van der Waals surface area contributed by atoms with E-state index in [0.717, 1.165) is 4.21 Å². The number of nitrogen functional groups attached to an aromatic ring is 1. The van der Waals surface area contributed by atoms with Crippen LogP contribution in [0.1, 0.15) is 0 Å². The van der Waals surface area contributed by atoms with Crippen LogP contribution in [0.4, 0.5) is 5.13 Å². The van der Waals surface area contributed by atoms with Crippen molar-refractivity contribution < 1.29 is 0 Å². The highest BCUT2D eigenvalue weighted by Gasteiger charge is 2.02. The monoisotopic (exact) mass is 210 g/mol. The van der Waals surface area contributed by atoms with E-state index in [9.17, 15) is 0 Å². The van der Waals surface area contributed by atoms with Crippen molar-refractivity contribution in [2.24, 2.45) is 0 Å². The molecule has 0 aliphatic carbocycles. The lowest BCUT2D eigenvalue weighted by atomic mass is 10.7. The molecule has 0 bridgehead atoms. The van der Waals surface area contributed by atoms with E-state index in [1.54, 1.807) is 24.7 Å². The van der Waals surface area contributed by atoms with Gasteiger partial charge in [-0.2, -0.15) is 0 Å². The minimum Gasteiger partial charge on any atom is -0.375 e. The number of nitrogens with two attached hydrogens (primary N) is 1. The molecule has 66 valence electrons. The first-order valence-electron chi connectivity index (χ1n) is 3.51. The Bertz CT molecular complexity index is 386. The van der Waals surface area contributed by atoms with Crippen LogP contribution in [0.3, 0.4) is 0 Å². The molecule has 0 radical (unpaired) electrons. The first kappa shape index (κ1) is 8.46. The summed E-state index contributed by atoms with van der Waals surface area (Å²) in [5.41, 5.74) is 5.49. The minimum absolute atomic E-state index is 0.568. The molecule has 0 amide bonds. The van der Waals surface area contributed by atoms with E-state index in [1.807, 2.05) is 0 Å².